The molecule has 0 saturated heterocycles. The van der Waals surface area contributed by atoms with Gasteiger partial charge in [0.1, 0.15) is 0 Å². The average Bonchev–Trinajstić information content (AvgIpc) is 2.23. The highest BCUT2D eigenvalue weighted by molar-refractivity contribution is 5.56. The van der Waals surface area contributed by atoms with Crippen LogP contribution in [0.1, 0.15) is 11.1 Å². The Bertz CT molecular complexity index is 435. The average molecular weight is 184 g/mol. The molecule has 1 heterocycles. The zero-order chi connectivity index (χ0) is 9.97. The standard InChI is InChI=1S/C12H12N2/c1-9-4-5-11(8-10(9)2)12-13-6-3-7-14-12/h3-8H,1-2H3. The molecule has 0 atom stereocenters. The Kier molecular flexibility index (Phi) is 2.27. The van der Waals surface area contributed by atoms with Crippen molar-refractivity contribution in [1.29, 1.82) is 0 Å². The van der Waals surface area contributed by atoms with Gasteiger partial charge in [-0.25, -0.2) is 9.97 Å². The fourth-order valence-corrected chi connectivity index (χ4v) is 1.33. The molecule has 0 N–H and O–H groups in total. The first-order valence-electron chi connectivity index (χ1n) is 4.62. The van der Waals surface area contributed by atoms with Gasteiger partial charge in [-0.3, -0.25) is 0 Å². The fourth-order valence-electron chi connectivity index (χ4n) is 1.33. The van der Waals surface area contributed by atoms with Crippen molar-refractivity contribution in [3.8, 4) is 11.4 Å². The number of hydrogen-bond donors (Lipinski definition) is 0. The van der Waals surface area contributed by atoms with Crippen LogP contribution in [0.5, 0.6) is 0 Å². The lowest BCUT2D eigenvalue weighted by Gasteiger charge is -2.03. The first kappa shape index (κ1) is 8.88. The lowest BCUT2D eigenvalue weighted by Crippen LogP contribution is -1.88. The van der Waals surface area contributed by atoms with Crippen molar-refractivity contribution in [2.75, 3.05) is 0 Å². The van der Waals surface area contributed by atoms with Crippen molar-refractivity contribution in [1.82, 2.24) is 9.97 Å². The molecule has 2 nitrogen and oxygen atoms in total. The molecule has 0 spiro atoms. The molecule has 2 heteroatoms. The number of benzene rings is 1. The van der Waals surface area contributed by atoms with E-state index in [1.165, 1.54) is 11.1 Å². The summed E-state index contributed by atoms with van der Waals surface area (Å²) in [5.41, 5.74) is 3.65. The van der Waals surface area contributed by atoms with E-state index in [1.54, 1.807) is 12.4 Å². The molecule has 0 saturated carbocycles. The Morgan fingerprint density at radius 2 is 1.64 bits per heavy atom. The largest absolute Gasteiger partial charge is 0.237 e. The first-order chi connectivity index (χ1) is 6.77. The predicted octanol–water partition coefficient (Wildman–Crippen LogP) is 2.76. The third-order valence-electron chi connectivity index (χ3n) is 2.33. The lowest BCUT2D eigenvalue weighted by molar-refractivity contribution is 1.17. The van der Waals surface area contributed by atoms with Crippen LogP contribution in [0.3, 0.4) is 0 Å². The second-order valence-electron chi connectivity index (χ2n) is 3.37. The molecule has 70 valence electrons. The minimum Gasteiger partial charge on any atom is -0.237 e. The van der Waals surface area contributed by atoms with Gasteiger partial charge in [0.15, 0.2) is 5.82 Å². The quantitative estimate of drug-likeness (QED) is 0.681. The van der Waals surface area contributed by atoms with Crippen LogP contribution in [0.15, 0.2) is 36.7 Å². The summed E-state index contributed by atoms with van der Waals surface area (Å²) in [5.74, 6) is 0.788. The van der Waals surface area contributed by atoms with Gasteiger partial charge in [-0.1, -0.05) is 12.1 Å². The van der Waals surface area contributed by atoms with Gasteiger partial charge in [0.25, 0.3) is 0 Å². The number of aromatic nitrogens is 2. The topological polar surface area (TPSA) is 25.8 Å². The minimum atomic E-state index is 0.788. The first-order valence-corrected chi connectivity index (χ1v) is 4.62. The van der Waals surface area contributed by atoms with Crippen LogP contribution in [0, 0.1) is 13.8 Å². The monoisotopic (exact) mass is 184 g/mol. The van der Waals surface area contributed by atoms with Crippen molar-refractivity contribution in [2.45, 2.75) is 13.8 Å². The molecule has 14 heavy (non-hydrogen) atoms. The Morgan fingerprint density at radius 1 is 0.929 bits per heavy atom. The Balaban J connectivity index is 2.48. The van der Waals surface area contributed by atoms with Crippen molar-refractivity contribution >= 4 is 0 Å². The number of rotatable bonds is 1. The van der Waals surface area contributed by atoms with Gasteiger partial charge in [-0.15, -0.1) is 0 Å². The fraction of sp³-hybridized carbons (Fsp3) is 0.167. The van der Waals surface area contributed by atoms with Gasteiger partial charge in [0.2, 0.25) is 0 Å². The van der Waals surface area contributed by atoms with E-state index in [2.05, 4.69) is 42.0 Å². The van der Waals surface area contributed by atoms with Crippen LogP contribution in [0.4, 0.5) is 0 Å². The van der Waals surface area contributed by atoms with E-state index in [4.69, 9.17) is 0 Å². The number of hydrogen-bond acceptors (Lipinski definition) is 2. The third kappa shape index (κ3) is 1.64. The molecule has 0 aliphatic rings. The summed E-state index contributed by atoms with van der Waals surface area (Å²) < 4.78 is 0. The summed E-state index contributed by atoms with van der Waals surface area (Å²) in [6.07, 6.45) is 3.52. The zero-order valence-electron chi connectivity index (χ0n) is 8.36. The summed E-state index contributed by atoms with van der Waals surface area (Å²) in [5, 5.41) is 0. The maximum atomic E-state index is 4.21. The maximum Gasteiger partial charge on any atom is 0.159 e. The summed E-state index contributed by atoms with van der Waals surface area (Å²) in [6, 6.07) is 8.09. The molecule has 0 fully saturated rings. The molecule has 0 bridgehead atoms. The molecule has 2 rings (SSSR count). The predicted molar refractivity (Wildman–Crippen MR) is 56.9 cm³/mol. The SMILES string of the molecule is Cc1ccc(-c2ncccn2)cc1C. The van der Waals surface area contributed by atoms with Gasteiger partial charge >= 0.3 is 0 Å². The molecule has 0 aliphatic carbocycles. The molecule has 0 amide bonds. The number of nitrogens with zero attached hydrogens (tertiary/aromatic N) is 2. The van der Waals surface area contributed by atoms with Gasteiger partial charge in [0, 0.05) is 18.0 Å². The highest BCUT2D eigenvalue weighted by Gasteiger charge is 2.00. The highest BCUT2D eigenvalue weighted by Crippen LogP contribution is 2.17. The van der Waals surface area contributed by atoms with Gasteiger partial charge < -0.3 is 0 Å². The zero-order valence-corrected chi connectivity index (χ0v) is 8.36. The van der Waals surface area contributed by atoms with E-state index < -0.39 is 0 Å². The number of aryl methyl sites for hydroxylation is 2. The summed E-state index contributed by atoms with van der Waals surface area (Å²) in [4.78, 5) is 8.42. The Labute approximate surface area is 83.7 Å². The summed E-state index contributed by atoms with van der Waals surface area (Å²) >= 11 is 0. The van der Waals surface area contributed by atoms with E-state index in [-0.39, 0.29) is 0 Å². The molecule has 1 aromatic heterocycles. The second-order valence-corrected chi connectivity index (χ2v) is 3.37. The van der Waals surface area contributed by atoms with Gasteiger partial charge in [-0.2, -0.15) is 0 Å². The molecule has 0 unspecified atom stereocenters. The lowest BCUT2D eigenvalue weighted by atomic mass is 10.1. The van der Waals surface area contributed by atoms with Crippen molar-refractivity contribution < 1.29 is 0 Å². The molecule has 0 radical (unpaired) electrons. The van der Waals surface area contributed by atoms with Crippen LogP contribution >= 0.6 is 0 Å². The molecular formula is C12H12N2. The van der Waals surface area contributed by atoms with E-state index in [9.17, 15) is 0 Å². The Hall–Kier alpha value is -1.70. The van der Waals surface area contributed by atoms with Gasteiger partial charge in [-0.05, 0) is 37.1 Å². The van der Waals surface area contributed by atoms with Gasteiger partial charge in [0.05, 0.1) is 0 Å². The van der Waals surface area contributed by atoms with Crippen molar-refractivity contribution in [3.05, 3.63) is 47.8 Å². The molecule has 0 aliphatic heterocycles. The second kappa shape index (κ2) is 3.58. The van der Waals surface area contributed by atoms with Crippen LogP contribution in [-0.4, -0.2) is 9.97 Å². The highest BCUT2D eigenvalue weighted by atomic mass is 14.8. The van der Waals surface area contributed by atoms with E-state index in [0.717, 1.165) is 11.4 Å². The maximum absolute atomic E-state index is 4.21. The van der Waals surface area contributed by atoms with E-state index in [1.807, 2.05) is 6.07 Å². The van der Waals surface area contributed by atoms with Crippen LogP contribution in [-0.2, 0) is 0 Å². The van der Waals surface area contributed by atoms with Crippen LogP contribution in [0.2, 0.25) is 0 Å². The molecular weight excluding hydrogens is 172 g/mol. The smallest absolute Gasteiger partial charge is 0.159 e. The molecule has 1 aromatic carbocycles. The van der Waals surface area contributed by atoms with E-state index >= 15 is 0 Å². The van der Waals surface area contributed by atoms with Crippen molar-refractivity contribution in [3.63, 3.8) is 0 Å². The minimum absolute atomic E-state index is 0.788. The van der Waals surface area contributed by atoms with Crippen molar-refractivity contribution in [2.24, 2.45) is 0 Å². The van der Waals surface area contributed by atoms with Crippen LogP contribution < -0.4 is 0 Å². The third-order valence-corrected chi connectivity index (χ3v) is 2.33. The summed E-state index contributed by atoms with van der Waals surface area (Å²) in [7, 11) is 0. The Morgan fingerprint density at radius 3 is 2.29 bits per heavy atom. The summed E-state index contributed by atoms with van der Waals surface area (Å²) in [6.45, 7) is 4.20. The normalized spacial score (nSPS) is 10.1. The molecule has 2 aromatic rings. The van der Waals surface area contributed by atoms with E-state index in [0.29, 0.717) is 0 Å². The van der Waals surface area contributed by atoms with Crippen LogP contribution in [0.25, 0.3) is 11.4 Å².